The molecular weight excluding hydrogens is 460 g/mol. The van der Waals surface area contributed by atoms with Crippen LogP contribution in [0.4, 0.5) is 0 Å². The number of sulfonamides is 1. The minimum atomic E-state index is -3.86. The van der Waals surface area contributed by atoms with Crippen molar-refractivity contribution in [1.29, 1.82) is 0 Å². The molecule has 0 radical (unpaired) electrons. The van der Waals surface area contributed by atoms with Gasteiger partial charge in [0.05, 0.1) is 17.0 Å². The van der Waals surface area contributed by atoms with E-state index >= 15 is 0 Å². The first kappa shape index (κ1) is 25.0. The summed E-state index contributed by atoms with van der Waals surface area (Å²) in [6, 6.07) is 16.9. The summed E-state index contributed by atoms with van der Waals surface area (Å²) in [5.74, 6) is 0.992. The van der Waals surface area contributed by atoms with Gasteiger partial charge in [0.1, 0.15) is 11.3 Å². The number of benzene rings is 2. The third-order valence-corrected chi connectivity index (χ3v) is 6.89. The third kappa shape index (κ3) is 5.45. The van der Waals surface area contributed by atoms with Crippen molar-refractivity contribution in [2.75, 3.05) is 0 Å². The van der Waals surface area contributed by atoms with Gasteiger partial charge in [-0.1, -0.05) is 54.3 Å². The molecule has 7 nitrogen and oxygen atoms in total. The van der Waals surface area contributed by atoms with Crippen molar-refractivity contribution in [2.45, 2.75) is 65.0 Å². The number of nitrogens with zero attached hydrogens (tertiary/aromatic N) is 3. The van der Waals surface area contributed by atoms with Crippen molar-refractivity contribution in [3.63, 3.8) is 0 Å². The number of pyridine rings is 1. The lowest BCUT2D eigenvalue weighted by Crippen LogP contribution is -2.33. The van der Waals surface area contributed by atoms with Crippen LogP contribution in [0.25, 0.3) is 22.3 Å². The van der Waals surface area contributed by atoms with E-state index in [-0.39, 0.29) is 4.90 Å². The Morgan fingerprint density at radius 1 is 1.00 bits per heavy atom. The minimum absolute atomic E-state index is 0.168. The average Bonchev–Trinajstić information content (AvgIpc) is 3.15. The Hall–Kier alpha value is -3.07. The van der Waals surface area contributed by atoms with Gasteiger partial charge >= 0.3 is 0 Å². The first-order chi connectivity index (χ1) is 16.5. The van der Waals surface area contributed by atoms with Gasteiger partial charge in [-0.05, 0) is 63.4 Å². The van der Waals surface area contributed by atoms with Crippen molar-refractivity contribution < 1.29 is 13.3 Å². The Bertz CT molecular complexity index is 1470. The molecule has 0 amide bonds. The molecular formula is C27H32N4O3S. The van der Waals surface area contributed by atoms with Gasteiger partial charge in [-0.2, -0.15) is 0 Å². The number of imidazole rings is 1. The molecule has 0 aliphatic heterocycles. The van der Waals surface area contributed by atoms with Gasteiger partial charge in [0.2, 0.25) is 0 Å². The zero-order valence-electron chi connectivity index (χ0n) is 21.1. The van der Waals surface area contributed by atoms with Gasteiger partial charge in [0, 0.05) is 17.7 Å². The lowest BCUT2D eigenvalue weighted by molar-refractivity contribution is -0.0357. The van der Waals surface area contributed by atoms with Crippen molar-refractivity contribution in [3.8, 4) is 11.1 Å². The number of aromatic nitrogens is 3. The molecule has 2 aromatic heterocycles. The topological polar surface area (TPSA) is 86.1 Å². The van der Waals surface area contributed by atoms with Crippen LogP contribution in [0.3, 0.4) is 0 Å². The van der Waals surface area contributed by atoms with Crippen LogP contribution in [0.15, 0.2) is 59.5 Å². The average molecular weight is 493 g/mol. The Balaban J connectivity index is 1.66. The molecule has 0 bridgehead atoms. The second-order valence-corrected chi connectivity index (χ2v) is 11.3. The molecule has 0 saturated heterocycles. The molecule has 0 saturated carbocycles. The SMILES string of the molecule is CCc1nc2c(C)cc(C)nc2n1Cc1ccc(-c2ccccc2S(=O)(=O)NOC(C)(C)C)cc1. The predicted octanol–water partition coefficient (Wildman–Crippen LogP) is 5.33. The van der Waals surface area contributed by atoms with Crippen LogP contribution in [-0.4, -0.2) is 28.6 Å². The van der Waals surface area contributed by atoms with Crippen molar-refractivity contribution >= 4 is 21.2 Å². The van der Waals surface area contributed by atoms with Crippen molar-refractivity contribution in [2.24, 2.45) is 0 Å². The molecule has 0 unspecified atom stereocenters. The van der Waals surface area contributed by atoms with E-state index in [0.717, 1.165) is 45.8 Å². The molecule has 0 fully saturated rings. The van der Waals surface area contributed by atoms with Crippen LogP contribution >= 0.6 is 0 Å². The lowest BCUT2D eigenvalue weighted by Gasteiger charge is -2.20. The number of rotatable bonds is 7. The summed E-state index contributed by atoms with van der Waals surface area (Å²) in [7, 11) is -3.86. The number of nitrogens with one attached hydrogen (secondary N) is 1. The van der Waals surface area contributed by atoms with Gasteiger partial charge in [0.25, 0.3) is 10.0 Å². The smallest absolute Gasteiger partial charge is 0.263 e. The maximum atomic E-state index is 12.9. The van der Waals surface area contributed by atoms with Gasteiger partial charge in [-0.3, -0.25) is 4.84 Å². The van der Waals surface area contributed by atoms with Crippen LogP contribution < -0.4 is 4.89 Å². The number of aryl methyl sites for hydroxylation is 3. The second kappa shape index (κ2) is 9.53. The van der Waals surface area contributed by atoms with Gasteiger partial charge in [0.15, 0.2) is 5.65 Å². The van der Waals surface area contributed by atoms with Crippen LogP contribution in [0.1, 0.15) is 50.3 Å². The van der Waals surface area contributed by atoms with Gasteiger partial charge in [-0.15, -0.1) is 0 Å². The Morgan fingerprint density at radius 3 is 2.34 bits per heavy atom. The van der Waals surface area contributed by atoms with E-state index in [1.807, 2.05) is 37.3 Å². The van der Waals surface area contributed by atoms with Gasteiger partial charge < -0.3 is 4.57 Å². The fourth-order valence-electron chi connectivity index (χ4n) is 4.02. The second-order valence-electron chi connectivity index (χ2n) is 9.71. The summed E-state index contributed by atoms with van der Waals surface area (Å²) in [6.45, 7) is 12.1. The standard InChI is InChI=1S/C27H32N4O3S/c1-7-24-29-25-18(2)16-19(3)28-26(25)31(24)17-20-12-14-21(15-13-20)22-10-8-9-11-23(22)35(32,33)30-34-27(4,5)6/h8-16,30H,7,17H2,1-6H3. The monoisotopic (exact) mass is 492 g/mol. The molecule has 0 aliphatic carbocycles. The van der Waals surface area contributed by atoms with Gasteiger partial charge in [-0.25, -0.2) is 18.4 Å². The molecule has 0 atom stereocenters. The van der Waals surface area contributed by atoms with E-state index in [1.165, 1.54) is 0 Å². The Kier molecular flexibility index (Phi) is 6.81. The largest absolute Gasteiger partial charge is 0.308 e. The van der Waals surface area contributed by atoms with Crippen molar-refractivity contribution in [1.82, 2.24) is 19.4 Å². The third-order valence-electron chi connectivity index (χ3n) is 5.66. The molecule has 4 rings (SSSR count). The highest BCUT2D eigenvalue weighted by Gasteiger charge is 2.22. The lowest BCUT2D eigenvalue weighted by atomic mass is 10.0. The van der Waals surface area contributed by atoms with Crippen LogP contribution in [0, 0.1) is 13.8 Å². The molecule has 2 aromatic carbocycles. The van der Waals surface area contributed by atoms with E-state index in [2.05, 4.69) is 29.4 Å². The first-order valence-electron chi connectivity index (χ1n) is 11.7. The summed E-state index contributed by atoms with van der Waals surface area (Å²) < 4.78 is 28.1. The summed E-state index contributed by atoms with van der Waals surface area (Å²) in [6.07, 6.45) is 0.807. The van der Waals surface area contributed by atoms with Crippen LogP contribution in [-0.2, 0) is 27.8 Å². The molecule has 8 heteroatoms. The zero-order valence-corrected chi connectivity index (χ0v) is 21.9. The van der Waals surface area contributed by atoms with E-state index in [0.29, 0.717) is 12.1 Å². The highest BCUT2D eigenvalue weighted by molar-refractivity contribution is 7.89. The molecule has 1 N–H and O–H groups in total. The summed E-state index contributed by atoms with van der Waals surface area (Å²) in [5.41, 5.74) is 5.77. The predicted molar refractivity (Wildman–Crippen MR) is 139 cm³/mol. The maximum absolute atomic E-state index is 12.9. The van der Waals surface area contributed by atoms with Crippen LogP contribution in [0.2, 0.25) is 0 Å². The molecule has 0 spiro atoms. The zero-order chi connectivity index (χ0) is 25.4. The summed E-state index contributed by atoms with van der Waals surface area (Å²) >= 11 is 0. The molecule has 0 aliphatic rings. The highest BCUT2D eigenvalue weighted by Crippen LogP contribution is 2.28. The fraction of sp³-hybridized carbons (Fsp3) is 0.333. The maximum Gasteiger partial charge on any atom is 0.263 e. The molecule has 184 valence electrons. The van der Waals surface area contributed by atoms with E-state index in [4.69, 9.17) is 14.8 Å². The molecule has 2 heterocycles. The van der Waals surface area contributed by atoms with E-state index in [1.54, 1.807) is 39.0 Å². The van der Waals surface area contributed by atoms with Crippen molar-refractivity contribution in [3.05, 3.63) is 77.2 Å². The molecule has 4 aromatic rings. The van der Waals surface area contributed by atoms with E-state index < -0.39 is 15.6 Å². The normalized spacial score (nSPS) is 12.4. The van der Waals surface area contributed by atoms with Crippen LogP contribution in [0.5, 0.6) is 0 Å². The Morgan fingerprint density at radius 2 is 1.69 bits per heavy atom. The summed E-state index contributed by atoms with van der Waals surface area (Å²) in [4.78, 5) is 17.3. The minimum Gasteiger partial charge on any atom is -0.308 e. The Labute approximate surface area is 207 Å². The molecule has 35 heavy (non-hydrogen) atoms. The number of hydrogen-bond acceptors (Lipinski definition) is 5. The summed E-state index contributed by atoms with van der Waals surface area (Å²) in [5, 5.41) is 0. The van der Waals surface area contributed by atoms with E-state index in [9.17, 15) is 8.42 Å². The quantitative estimate of drug-likeness (QED) is 0.352. The number of fused-ring (bicyclic) bond motifs is 1. The number of hydrogen-bond donors (Lipinski definition) is 1. The first-order valence-corrected chi connectivity index (χ1v) is 13.2. The fourth-order valence-corrected chi connectivity index (χ4v) is 5.20. The highest BCUT2D eigenvalue weighted by atomic mass is 32.2.